The third-order valence-electron chi connectivity index (χ3n) is 2.79. The molecule has 0 bridgehead atoms. The van der Waals surface area contributed by atoms with Crippen LogP contribution in [0.25, 0.3) is 0 Å². The van der Waals surface area contributed by atoms with Crippen molar-refractivity contribution in [3.8, 4) is 0 Å². The lowest BCUT2D eigenvalue weighted by Gasteiger charge is -2.03. The maximum absolute atomic E-state index is 11.8. The quantitative estimate of drug-likeness (QED) is 0.928. The molecule has 0 fully saturated rings. The van der Waals surface area contributed by atoms with Gasteiger partial charge in [-0.1, -0.05) is 28.1 Å². The maximum Gasteiger partial charge on any atom is 0.224 e. The zero-order valence-corrected chi connectivity index (χ0v) is 13.3. The Balaban J connectivity index is 1.86. The summed E-state index contributed by atoms with van der Waals surface area (Å²) in [6, 6.07) is 7.77. The molecule has 0 aliphatic rings. The summed E-state index contributed by atoms with van der Waals surface area (Å²) < 4.78 is 1.02. The molecular formula is C14H15BrN2OS. The third-order valence-corrected chi connectivity index (χ3v) is 4.39. The lowest BCUT2D eigenvalue weighted by atomic mass is 10.1. The molecular weight excluding hydrogens is 324 g/mol. The molecule has 3 nitrogen and oxygen atoms in total. The monoisotopic (exact) mass is 338 g/mol. The minimum Gasteiger partial charge on any atom is -0.349 e. The van der Waals surface area contributed by atoms with Crippen LogP contribution in [0.15, 0.2) is 28.7 Å². The van der Waals surface area contributed by atoms with Gasteiger partial charge in [0.15, 0.2) is 0 Å². The molecule has 0 atom stereocenters. The number of hydrogen-bond donors (Lipinski definition) is 1. The van der Waals surface area contributed by atoms with E-state index in [9.17, 15) is 4.79 Å². The van der Waals surface area contributed by atoms with Crippen LogP contribution < -0.4 is 5.32 Å². The van der Waals surface area contributed by atoms with Crippen LogP contribution in [-0.4, -0.2) is 10.9 Å². The van der Waals surface area contributed by atoms with Gasteiger partial charge in [0, 0.05) is 9.35 Å². The van der Waals surface area contributed by atoms with Crippen molar-refractivity contribution >= 4 is 33.2 Å². The molecule has 100 valence electrons. The SMILES string of the molecule is Cc1nc(CNC(=O)Cc2ccc(Br)cc2)sc1C. The van der Waals surface area contributed by atoms with Crippen LogP contribution in [0.2, 0.25) is 0 Å². The van der Waals surface area contributed by atoms with Crippen molar-refractivity contribution in [3.05, 3.63) is 49.9 Å². The zero-order chi connectivity index (χ0) is 13.8. The second-order valence-electron chi connectivity index (χ2n) is 4.33. The van der Waals surface area contributed by atoms with E-state index >= 15 is 0 Å². The number of amides is 1. The molecule has 0 radical (unpaired) electrons. The van der Waals surface area contributed by atoms with Gasteiger partial charge in [0.05, 0.1) is 18.7 Å². The molecule has 5 heteroatoms. The molecule has 0 saturated heterocycles. The number of thiazole rings is 1. The smallest absolute Gasteiger partial charge is 0.224 e. The summed E-state index contributed by atoms with van der Waals surface area (Å²) >= 11 is 5.01. The predicted octanol–water partition coefficient (Wildman–Crippen LogP) is 3.38. The molecule has 0 aliphatic heterocycles. The molecule has 19 heavy (non-hydrogen) atoms. The van der Waals surface area contributed by atoms with Gasteiger partial charge in [-0.25, -0.2) is 4.98 Å². The summed E-state index contributed by atoms with van der Waals surface area (Å²) in [5.41, 5.74) is 2.05. The van der Waals surface area contributed by atoms with Gasteiger partial charge in [-0.05, 0) is 31.5 Å². The molecule has 0 unspecified atom stereocenters. The minimum atomic E-state index is 0.0211. The zero-order valence-electron chi connectivity index (χ0n) is 10.9. The van der Waals surface area contributed by atoms with E-state index in [0.29, 0.717) is 13.0 Å². The number of nitrogens with one attached hydrogen (secondary N) is 1. The minimum absolute atomic E-state index is 0.0211. The Kier molecular flexibility index (Phi) is 4.71. The number of halogens is 1. The van der Waals surface area contributed by atoms with Gasteiger partial charge in [-0.2, -0.15) is 0 Å². The fourth-order valence-corrected chi connectivity index (χ4v) is 2.78. The molecule has 2 rings (SSSR count). The first-order valence-electron chi connectivity index (χ1n) is 5.98. The Morgan fingerprint density at radius 2 is 2.00 bits per heavy atom. The highest BCUT2D eigenvalue weighted by Gasteiger charge is 2.06. The van der Waals surface area contributed by atoms with E-state index in [4.69, 9.17) is 0 Å². The molecule has 1 aromatic heterocycles. The highest BCUT2D eigenvalue weighted by Crippen LogP contribution is 2.16. The van der Waals surface area contributed by atoms with Crippen LogP contribution in [0.5, 0.6) is 0 Å². The first-order chi connectivity index (χ1) is 9.04. The van der Waals surface area contributed by atoms with Crippen LogP contribution in [0, 0.1) is 13.8 Å². The highest BCUT2D eigenvalue weighted by molar-refractivity contribution is 9.10. The summed E-state index contributed by atoms with van der Waals surface area (Å²) in [4.78, 5) is 17.4. The van der Waals surface area contributed by atoms with Gasteiger partial charge < -0.3 is 5.32 Å². The van der Waals surface area contributed by atoms with E-state index in [2.05, 4.69) is 26.2 Å². The average molecular weight is 339 g/mol. The summed E-state index contributed by atoms with van der Waals surface area (Å²) in [6.45, 7) is 4.54. The van der Waals surface area contributed by atoms with Gasteiger partial charge in [-0.3, -0.25) is 4.79 Å². The topological polar surface area (TPSA) is 42.0 Å². The number of rotatable bonds is 4. The second kappa shape index (κ2) is 6.30. The number of aromatic nitrogens is 1. The molecule has 1 N–H and O–H groups in total. The van der Waals surface area contributed by atoms with Crippen LogP contribution in [-0.2, 0) is 17.8 Å². The van der Waals surface area contributed by atoms with Crippen molar-refractivity contribution in [2.45, 2.75) is 26.8 Å². The van der Waals surface area contributed by atoms with E-state index in [1.54, 1.807) is 11.3 Å². The Labute approximate surface area is 125 Å². The lowest BCUT2D eigenvalue weighted by molar-refractivity contribution is -0.120. The summed E-state index contributed by atoms with van der Waals surface area (Å²) in [5, 5.41) is 3.86. The summed E-state index contributed by atoms with van der Waals surface area (Å²) in [5.74, 6) is 0.0211. The Bertz CT molecular complexity index is 558. The molecule has 2 aromatic rings. The van der Waals surface area contributed by atoms with E-state index in [1.165, 1.54) is 4.88 Å². The van der Waals surface area contributed by atoms with Crippen molar-refractivity contribution in [1.29, 1.82) is 0 Å². The Morgan fingerprint density at radius 3 is 2.58 bits per heavy atom. The third kappa shape index (κ3) is 4.14. The second-order valence-corrected chi connectivity index (χ2v) is 6.53. The Hall–Kier alpha value is -1.20. The molecule has 0 saturated carbocycles. The molecule has 1 heterocycles. The number of benzene rings is 1. The first-order valence-corrected chi connectivity index (χ1v) is 7.59. The average Bonchev–Trinajstić information content (AvgIpc) is 2.69. The molecule has 0 spiro atoms. The van der Waals surface area contributed by atoms with Crippen molar-refractivity contribution in [2.75, 3.05) is 0 Å². The highest BCUT2D eigenvalue weighted by atomic mass is 79.9. The van der Waals surface area contributed by atoms with E-state index < -0.39 is 0 Å². The molecule has 1 amide bonds. The van der Waals surface area contributed by atoms with Crippen molar-refractivity contribution in [2.24, 2.45) is 0 Å². The van der Waals surface area contributed by atoms with Crippen LogP contribution >= 0.6 is 27.3 Å². The van der Waals surface area contributed by atoms with Gasteiger partial charge in [0.25, 0.3) is 0 Å². The van der Waals surface area contributed by atoms with Crippen LogP contribution in [0.4, 0.5) is 0 Å². The predicted molar refractivity (Wildman–Crippen MR) is 81.3 cm³/mol. The summed E-state index contributed by atoms with van der Waals surface area (Å²) in [7, 11) is 0. The van der Waals surface area contributed by atoms with Crippen LogP contribution in [0.3, 0.4) is 0 Å². The lowest BCUT2D eigenvalue weighted by Crippen LogP contribution is -2.24. The number of aryl methyl sites for hydroxylation is 2. The normalized spacial score (nSPS) is 10.5. The standard InChI is InChI=1S/C14H15BrN2OS/c1-9-10(2)19-14(17-9)8-16-13(18)7-11-3-5-12(15)6-4-11/h3-6H,7-8H2,1-2H3,(H,16,18). The van der Waals surface area contributed by atoms with Crippen molar-refractivity contribution < 1.29 is 4.79 Å². The van der Waals surface area contributed by atoms with Crippen molar-refractivity contribution in [1.82, 2.24) is 10.3 Å². The van der Waals surface area contributed by atoms with Gasteiger partial charge in [-0.15, -0.1) is 11.3 Å². The van der Waals surface area contributed by atoms with E-state index in [1.807, 2.05) is 38.1 Å². The summed E-state index contributed by atoms with van der Waals surface area (Å²) in [6.07, 6.45) is 0.399. The first kappa shape index (κ1) is 14.2. The number of hydrogen-bond acceptors (Lipinski definition) is 3. The molecule has 0 aliphatic carbocycles. The Morgan fingerprint density at radius 1 is 1.32 bits per heavy atom. The molecule has 1 aromatic carbocycles. The van der Waals surface area contributed by atoms with Gasteiger partial charge in [0.2, 0.25) is 5.91 Å². The van der Waals surface area contributed by atoms with Crippen molar-refractivity contribution in [3.63, 3.8) is 0 Å². The fraction of sp³-hybridized carbons (Fsp3) is 0.286. The number of carbonyl (C=O) groups is 1. The van der Waals surface area contributed by atoms with Gasteiger partial charge in [0.1, 0.15) is 5.01 Å². The maximum atomic E-state index is 11.8. The van der Waals surface area contributed by atoms with Gasteiger partial charge >= 0.3 is 0 Å². The number of nitrogens with zero attached hydrogens (tertiary/aromatic N) is 1. The van der Waals surface area contributed by atoms with E-state index in [-0.39, 0.29) is 5.91 Å². The fourth-order valence-electron chi connectivity index (χ4n) is 1.64. The van der Waals surface area contributed by atoms with E-state index in [0.717, 1.165) is 20.7 Å². The number of carbonyl (C=O) groups excluding carboxylic acids is 1. The largest absolute Gasteiger partial charge is 0.349 e. The van der Waals surface area contributed by atoms with Crippen LogP contribution in [0.1, 0.15) is 21.1 Å².